The van der Waals surface area contributed by atoms with Crippen molar-refractivity contribution in [3.63, 3.8) is 0 Å². The van der Waals surface area contributed by atoms with Crippen molar-refractivity contribution < 1.29 is 9.53 Å². The predicted molar refractivity (Wildman–Crippen MR) is 134 cm³/mol. The Morgan fingerprint density at radius 3 is 2.37 bits per heavy atom. The first-order valence-electron chi connectivity index (χ1n) is 11.9. The first-order valence-corrected chi connectivity index (χ1v) is 11.9. The molecule has 0 bridgehead atoms. The Morgan fingerprint density at radius 1 is 0.943 bits per heavy atom. The average Bonchev–Trinajstić information content (AvgIpc) is 3.24. The van der Waals surface area contributed by atoms with E-state index in [-0.39, 0.29) is 17.7 Å². The molecule has 5 rings (SSSR count). The van der Waals surface area contributed by atoms with Crippen molar-refractivity contribution in [2.24, 2.45) is 0 Å². The predicted octanol–water partition coefficient (Wildman–Crippen LogP) is 4.80. The SMILES string of the molecule is CC(C)(C)OC(=O)N1CCC(n2nc(-c3c(-c4ccccc4)nn4ccccc34)ccc2=O)CC1. The molecular weight excluding hydrogens is 442 g/mol. The van der Waals surface area contributed by atoms with Crippen LogP contribution < -0.4 is 5.56 Å². The molecule has 0 unspecified atom stereocenters. The van der Waals surface area contributed by atoms with Crippen LogP contribution in [0.2, 0.25) is 0 Å². The summed E-state index contributed by atoms with van der Waals surface area (Å²) in [5, 5.41) is 9.63. The summed E-state index contributed by atoms with van der Waals surface area (Å²) in [6.45, 7) is 6.61. The number of carbonyl (C=O) groups excluding carboxylic acids is 1. The summed E-state index contributed by atoms with van der Waals surface area (Å²) in [5.41, 5.74) is 3.61. The number of benzene rings is 1. The zero-order valence-corrected chi connectivity index (χ0v) is 20.2. The van der Waals surface area contributed by atoms with Gasteiger partial charge in [-0.25, -0.2) is 14.0 Å². The summed E-state index contributed by atoms with van der Waals surface area (Å²) in [7, 11) is 0. The van der Waals surface area contributed by atoms with E-state index >= 15 is 0 Å². The van der Waals surface area contributed by atoms with E-state index in [0.717, 1.165) is 22.3 Å². The normalized spacial score (nSPS) is 14.9. The number of piperidine rings is 1. The molecule has 1 fully saturated rings. The van der Waals surface area contributed by atoms with Crippen LogP contribution in [0.3, 0.4) is 0 Å². The maximum Gasteiger partial charge on any atom is 0.410 e. The van der Waals surface area contributed by atoms with Crippen LogP contribution in [0.15, 0.2) is 71.7 Å². The van der Waals surface area contributed by atoms with Gasteiger partial charge < -0.3 is 9.64 Å². The smallest absolute Gasteiger partial charge is 0.410 e. The molecule has 0 N–H and O–H groups in total. The third kappa shape index (κ3) is 4.69. The van der Waals surface area contributed by atoms with Crippen LogP contribution in [0, 0.1) is 0 Å². The van der Waals surface area contributed by atoms with Crippen molar-refractivity contribution in [1.82, 2.24) is 24.3 Å². The van der Waals surface area contributed by atoms with E-state index in [1.165, 1.54) is 0 Å². The molecule has 35 heavy (non-hydrogen) atoms. The van der Waals surface area contributed by atoms with Gasteiger partial charge in [-0.05, 0) is 51.8 Å². The van der Waals surface area contributed by atoms with Gasteiger partial charge in [0.15, 0.2) is 0 Å². The first kappa shape index (κ1) is 22.8. The number of amides is 1. The zero-order chi connectivity index (χ0) is 24.6. The second-order valence-electron chi connectivity index (χ2n) is 9.82. The van der Waals surface area contributed by atoms with Crippen molar-refractivity contribution in [3.8, 4) is 22.5 Å². The van der Waals surface area contributed by atoms with Crippen molar-refractivity contribution in [2.45, 2.75) is 45.3 Å². The summed E-state index contributed by atoms with van der Waals surface area (Å²) in [4.78, 5) is 27.0. The molecule has 180 valence electrons. The van der Waals surface area contributed by atoms with E-state index in [4.69, 9.17) is 14.9 Å². The van der Waals surface area contributed by atoms with Gasteiger partial charge in [0.05, 0.1) is 22.8 Å². The van der Waals surface area contributed by atoms with Gasteiger partial charge in [-0.2, -0.15) is 10.2 Å². The van der Waals surface area contributed by atoms with Gasteiger partial charge in [-0.15, -0.1) is 0 Å². The quantitative estimate of drug-likeness (QED) is 0.429. The van der Waals surface area contributed by atoms with E-state index in [1.54, 1.807) is 21.7 Å². The summed E-state index contributed by atoms with van der Waals surface area (Å²) in [6, 6.07) is 19.1. The van der Waals surface area contributed by atoms with Gasteiger partial charge in [-0.1, -0.05) is 36.4 Å². The fourth-order valence-corrected chi connectivity index (χ4v) is 4.49. The van der Waals surface area contributed by atoms with E-state index in [1.807, 2.05) is 80.0 Å². The second-order valence-corrected chi connectivity index (χ2v) is 9.82. The molecule has 1 aromatic carbocycles. The van der Waals surface area contributed by atoms with E-state index in [0.29, 0.717) is 31.6 Å². The minimum Gasteiger partial charge on any atom is -0.444 e. The topological polar surface area (TPSA) is 81.7 Å². The van der Waals surface area contributed by atoms with Crippen LogP contribution >= 0.6 is 0 Å². The molecule has 4 aromatic rings. The fraction of sp³-hybridized carbons (Fsp3) is 0.333. The van der Waals surface area contributed by atoms with Crippen molar-refractivity contribution in [2.75, 3.05) is 13.1 Å². The summed E-state index contributed by atoms with van der Waals surface area (Å²) < 4.78 is 8.91. The molecule has 3 aromatic heterocycles. The number of likely N-dealkylation sites (tertiary alicyclic amines) is 1. The molecule has 1 saturated heterocycles. The number of aromatic nitrogens is 4. The van der Waals surface area contributed by atoms with Crippen LogP contribution in [0.1, 0.15) is 39.7 Å². The van der Waals surface area contributed by atoms with Crippen LogP contribution in [0.5, 0.6) is 0 Å². The number of hydrogen-bond donors (Lipinski definition) is 0. The minimum absolute atomic E-state index is 0.0943. The van der Waals surface area contributed by atoms with Gasteiger partial charge in [0.1, 0.15) is 11.3 Å². The Morgan fingerprint density at radius 2 is 1.66 bits per heavy atom. The number of carbonyl (C=O) groups is 1. The lowest BCUT2D eigenvalue weighted by Crippen LogP contribution is -2.43. The summed E-state index contributed by atoms with van der Waals surface area (Å²) in [5.74, 6) is 0. The number of rotatable bonds is 3. The highest BCUT2D eigenvalue weighted by Gasteiger charge is 2.29. The molecule has 8 nitrogen and oxygen atoms in total. The Bertz CT molecular complexity index is 1410. The first-order chi connectivity index (χ1) is 16.8. The standard InChI is InChI=1S/C27H29N5O3/c1-27(2,3)35-26(34)30-17-14-20(15-18-30)32-23(33)13-12-21(28-32)24-22-11-7-8-16-31(22)29-25(24)19-9-5-4-6-10-19/h4-13,16,20H,14-15,17-18H2,1-3H3. The van der Waals surface area contributed by atoms with Crippen LogP contribution in [0.4, 0.5) is 4.79 Å². The number of nitrogens with zero attached hydrogens (tertiary/aromatic N) is 5. The third-order valence-electron chi connectivity index (χ3n) is 6.13. The highest BCUT2D eigenvalue weighted by molar-refractivity contribution is 5.90. The molecule has 0 saturated carbocycles. The highest BCUT2D eigenvalue weighted by Crippen LogP contribution is 2.34. The molecule has 8 heteroatoms. The van der Waals surface area contributed by atoms with Gasteiger partial charge in [0.25, 0.3) is 5.56 Å². The summed E-state index contributed by atoms with van der Waals surface area (Å²) >= 11 is 0. The third-order valence-corrected chi connectivity index (χ3v) is 6.13. The average molecular weight is 472 g/mol. The van der Waals surface area contributed by atoms with Crippen molar-refractivity contribution in [3.05, 3.63) is 77.2 Å². The Kier molecular flexibility index (Phi) is 5.88. The maximum atomic E-state index is 12.8. The second kappa shape index (κ2) is 9.02. The monoisotopic (exact) mass is 471 g/mol. The molecule has 0 radical (unpaired) electrons. The van der Waals surface area contributed by atoms with Crippen LogP contribution in [-0.4, -0.2) is 49.1 Å². The lowest BCUT2D eigenvalue weighted by molar-refractivity contribution is 0.0183. The minimum atomic E-state index is -0.536. The number of fused-ring (bicyclic) bond motifs is 1. The lowest BCUT2D eigenvalue weighted by atomic mass is 10.0. The number of ether oxygens (including phenoxy) is 1. The van der Waals surface area contributed by atoms with Gasteiger partial charge in [0.2, 0.25) is 0 Å². The molecule has 1 aliphatic heterocycles. The Hall–Kier alpha value is -3.94. The molecular formula is C27H29N5O3. The van der Waals surface area contributed by atoms with Gasteiger partial charge in [-0.3, -0.25) is 4.79 Å². The highest BCUT2D eigenvalue weighted by atomic mass is 16.6. The molecule has 1 aliphatic rings. The molecule has 0 atom stereocenters. The van der Waals surface area contributed by atoms with E-state index < -0.39 is 5.60 Å². The molecule has 0 aliphatic carbocycles. The number of hydrogen-bond acceptors (Lipinski definition) is 5. The zero-order valence-electron chi connectivity index (χ0n) is 20.2. The molecule has 1 amide bonds. The number of pyridine rings is 1. The summed E-state index contributed by atoms with van der Waals surface area (Å²) in [6.07, 6.45) is 2.86. The lowest BCUT2D eigenvalue weighted by Gasteiger charge is -2.33. The van der Waals surface area contributed by atoms with Crippen LogP contribution in [-0.2, 0) is 4.74 Å². The van der Waals surface area contributed by atoms with Crippen molar-refractivity contribution >= 4 is 11.6 Å². The van der Waals surface area contributed by atoms with E-state index in [9.17, 15) is 9.59 Å². The maximum absolute atomic E-state index is 12.8. The van der Waals surface area contributed by atoms with Crippen LogP contribution in [0.25, 0.3) is 28.0 Å². The van der Waals surface area contributed by atoms with Gasteiger partial charge in [0, 0.05) is 30.9 Å². The molecule has 0 spiro atoms. The van der Waals surface area contributed by atoms with Crippen molar-refractivity contribution in [1.29, 1.82) is 0 Å². The molecule has 4 heterocycles. The Labute approximate surface area is 203 Å². The van der Waals surface area contributed by atoms with E-state index in [2.05, 4.69) is 0 Å². The Balaban J connectivity index is 1.48. The fourth-order valence-electron chi connectivity index (χ4n) is 4.49. The van der Waals surface area contributed by atoms with Gasteiger partial charge >= 0.3 is 6.09 Å². The largest absolute Gasteiger partial charge is 0.444 e.